The second-order valence-corrected chi connectivity index (χ2v) is 4.46. The van der Waals surface area contributed by atoms with Gasteiger partial charge in [0.05, 0.1) is 85.5 Å². The van der Waals surface area contributed by atoms with Gasteiger partial charge in [0.2, 0.25) is 0 Å². The largest absolute Gasteiger partial charge is 0.499 e. The molecule has 0 aromatic rings. The molecule has 7 heteroatoms. The van der Waals surface area contributed by atoms with Gasteiger partial charge in [-0.05, 0) is 0 Å². The van der Waals surface area contributed by atoms with Gasteiger partial charge in [-0.2, -0.15) is 0 Å². The Hall–Kier alpha value is -0.960. The van der Waals surface area contributed by atoms with Crippen molar-refractivity contribution >= 4 is 0 Å². The lowest BCUT2D eigenvalue weighted by Crippen LogP contribution is -2.14. The van der Waals surface area contributed by atoms with Gasteiger partial charge in [0, 0.05) is 0 Å². The quantitative estimate of drug-likeness (QED) is 0.177. The van der Waals surface area contributed by atoms with E-state index in [-0.39, 0.29) is 0 Å². The summed E-state index contributed by atoms with van der Waals surface area (Å²) in [4.78, 5) is 0. The molecule has 142 valence electrons. The molecule has 0 amide bonds. The van der Waals surface area contributed by atoms with Crippen molar-refractivity contribution in [3.63, 3.8) is 0 Å². The van der Waals surface area contributed by atoms with Crippen molar-refractivity contribution in [2.75, 3.05) is 85.9 Å². The van der Waals surface area contributed by atoms with Gasteiger partial charge in [0.1, 0.15) is 6.61 Å². The Morgan fingerprint density at radius 2 is 0.792 bits per heavy atom. The van der Waals surface area contributed by atoms with Crippen LogP contribution in [-0.2, 0) is 33.2 Å². The molecule has 7 nitrogen and oxygen atoms in total. The van der Waals surface area contributed by atoms with Crippen molar-refractivity contribution in [3.8, 4) is 0 Å². The molecular weight excluding hydrogens is 316 g/mol. The van der Waals surface area contributed by atoms with Crippen LogP contribution in [0.25, 0.3) is 0 Å². The highest BCUT2D eigenvalue weighted by Gasteiger charge is 1.93. The maximum absolute atomic E-state index is 5.37. The predicted molar refractivity (Wildman–Crippen MR) is 91.3 cm³/mol. The topological polar surface area (TPSA) is 64.6 Å². The van der Waals surface area contributed by atoms with Gasteiger partial charge in [0.25, 0.3) is 0 Å². The molecule has 0 aromatic heterocycles. The van der Waals surface area contributed by atoms with Crippen LogP contribution in [0.15, 0.2) is 25.5 Å². The average molecular weight is 348 g/mol. The summed E-state index contributed by atoms with van der Waals surface area (Å²) in [6.07, 6.45) is 3.11. The Labute approximate surface area is 145 Å². The van der Waals surface area contributed by atoms with Crippen LogP contribution in [-0.4, -0.2) is 85.9 Å². The van der Waals surface area contributed by atoms with Gasteiger partial charge in [-0.1, -0.05) is 12.7 Å². The molecule has 0 aliphatic carbocycles. The summed E-state index contributed by atoms with van der Waals surface area (Å²) in [6, 6.07) is 0. The van der Waals surface area contributed by atoms with E-state index < -0.39 is 0 Å². The van der Waals surface area contributed by atoms with Crippen LogP contribution in [0.4, 0.5) is 0 Å². The van der Waals surface area contributed by atoms with E-state index in [1.54, 1.807) is 6.08 Å². The maximum Gasteiger partial charge on any atom is 0.111 e. The van der Waals surface area contributed by atoms with E-state index in [9.17, 15) is 0 Å². The molecule has 0 rings (SSSR count). The minimum absolute atomic E-state index is 0.515. The summed E-state index contributed by atoms with van der Waals surface area (Å²) in [7, 11) is 0. The summed E-state index contributed by atoms with van der Waals surface area (Å²) in [6.45, 7) is 14.1. The van der Waals surface area contributed by atoms with Crippen LogP contribution < -0.4 is 0 Å². The third kappa shape index (κ3) is 21.0. The summed E-state index contributed by atoms with van der Waals surface area (Å²) < 4.78 is 36.8. The summed E-state index contributed by atoms with van der Waals surface area (Å²) in [5, 5.41) is 0. The molecule has 0 fully saturated rings. The Kier molecular flexibility index (Phi) is 21.2. The Balaban J connectivity index is 2.95. The molecule has 0 radical (unpaired) electrons. The molecular formula is C17H32O7. The van der Waals surface area contributed by atoms with E-state index in [2.05, 4.69) is 13.2 Å². The molecule has 0 atom stereocenters. The summed E-state index contributed by atoms with van der Waals surface area (Å²) in [5.74, 6) is 0. The van der Waals surface area contributed by atoms with Crippen LogP contribution >= 0.6 is 0 Å². The van der Waals surface area contributed by atoms with Crippen molar-refractivity contribution in [2.24, 2.45) is 0 Å². The van der Waals surface area contributed by atoms with Crippen molar-refractivity contribution in [1.29, 1.82) is 0 Å². The zero-order chi connectivity index (χ0) is 17.6. The molecule has 0 aliphatic rings. The highest BCUT2D eigenvalue weighted by atomic mass is 16.6. The fourth-order valence-electron chi connectivity index (χ4n) is 1.46. The van der Waals surface area contributed by atoms with Crippen molar-refractivity contribution in [3.05, 3.63) is 25.5 Å². The van der Waals surface area contributed by atoms with Gasteiger partial charge in [-0.15, -0.1) is 6.58 Å². The molecule has 24 heavy (non-hydrogen) atoms. The minimum atomic E-state index is 0.515. The number of hydrogen-bond donors (Lipinski definition) is 0. The van der Waals surface area contributed by atoms with Crippen LogP contribution in [0.5, 0.6) is 0 Å². The third-order valence-electron chi connectivity index (χ3n) is 2.56. The van der Waals surface area contributed by atoms with E-state index in [0.29, 0.717) is 85.9 Å². The first kappa shape index (κ1) is 23.0. The first-order chi connectivity index (χ1) is 11.9. The third-order valence-corrected chi connectivity index (χ3v) is 2.56. The van der Waals surface area contributed by atoms with Crippen molar-refractivity contribution in [2.45, 2.75) is 0 Å². The van der Waals surface area contributed by atoms with Crippen LogP contribution in [0, 0.1) is 0 Å². The van der Waals surface area contributed by atoms with Gasteiger partial charge < -0.3 is 33.2 Å². The monoisotopic (exact) mass is 348 g/mol. The zero-order valence-corrected chi connectivity index (χ0v) is 14.6. The van der Waals surface area contributed by atoms with Gasteiger partial charge in [0.15, 0.2) is 0 Å². The lowest BCUT2D eigenvalue weighted by Gasteiger charge is -2.08. The lowest BCUT2D eigenvalue weighted by molar-refractivity contribution is -0.0175. The van der Waals surface area contributed by atoms with Gasteiger partial charge >= 0.3 is 0 Å². The van der Waals surface area contributed by atoms with Crippen molar-refractivity contribution in [1.82, 2.24) is 0 Å². The standard InChI is InChI=1S/C17H32O7/c1-3-5-19-8-9-21-12-13-23-16-17-24-15-14-22-11-10-20-7-6-18-4-2/h3-4H,1-2,5-17H2. The highest BCUT2D eigenvalue weighted by Crippen LogP contribution is 1.85. The van der Waals surface area contributed by atoms with E-state index in [4.69, 9.17) is 33.2 Å². The fraction of sp³-hybridized carbons (Fsp3) is 0.765. The molecule has 0 heterocycles. The number of rotatable bonds is 21. The van der Waals surface area contributed by atoms with E-state index in [0.717, 1.165) is 0 Å². The van der Waals surface area contributed by atoms with E-state index in [1.165, 1.54) is 6.26 Å². The van der Waals surface area contributed by atoms with Crippen LogP contribution in [0.2, 0.25) is 0 Å². The average Bonchev–Trinajstić information content (AvgIpc) is 2.60. The fourth-order valence-corrected chi connectivity index (χ4v) is 1.46. The Morgan fingerprint density at radius 3 is 1.12 bits per heavy atom. The Bertz CT molecular complexity index is 235. The smallest absolute Gasteiger partial charge is 0.111 e. The van der Waals surface area contributed by atoms with Crippen LogP contribution in [0.1, 0.15) is 0 Å². The summed E-state index contributed by atoms with van der Waals surface area (Å²) >= 11 is 0. The highest BCUT2D eigenvalue weighted by molar-refractivity contribution is 4.63. The van der Waals surface area contributed by atoms with E-state index in [1.807, 2.05) is 0 Å². The maximum atomic E-state index is 5.37. The molecule has 0 saturated heterocycles. The second kappa shape index (κ2) is 22.0. The number of hydrogen-bond acceptors (Lipinski definition) is 7. The molecule has 0 aliphatic heterocycles. The SMILES string of the molecule is C=CCOCCOCCOCCOCCOCCOCCOC=C. The minimum Gasteiger partial charge on any atom is -0.499 e. The second-order valence-electron chi connectivity index (χ2n) is 4.46. The normalized spacial score (nSPS) is 10.7. The summed E-state index contributed by atoms with van der Waals surface area (Å²) in [5.41, 5.74) is 0. The van der Waals surface area contributed by atoms with E-state index >= 15 is 0 Å². The number of ether oxygens (including phenoxy) is 7. The van der Waals surface area contributed by atoms with Crippen LogP contribution in [0.3, 0.4) is 0 Å². The molecule has 0 aromatic carbocycles. The van der Waals surface area contributed by atoms with Gasteiger partial charge in [-0.25, -0.2) is 0 Å². The molecule has 0 bridgehead atoms. The molecule has 0 unspecified atom stereocenters. The lowest BCUT2D eigenvalue weighted by atomic mass is 10.6. The zero-order valence-electron chi connectivity index (χ0n) is 14.6. The molecule has 0 saturated carbocycles. The van der Waals surface area contributed by atoms with Crippen molar-refractivity contribution < 1.29 is 33.2 Å². The predicted octanol–water partition coefficient (Wildman–Crippen LogP) is 1.43. The molecule has 0 spiro atoms. The van der Waals surface area contributed by atoms with Gasteiger partial charge in [-0.3, -0.25) is 0 Å². The Morgan fingerprint density at radius 1 is 0.458 bits per heavy atom. The molecule has 0 N–H and O–H groups in total. The first-order valence-corrected chi connectivity index (χ1v) is 8.21. The first-order valence-electron chi connectivity index (χ1n) is 8.21.